The lowest BCUT2D eigenvalue weighted by atomic mass is 9.95. The molecule has 0 bridgehead atoms. The van der Waals surface area contributed by atoms with E-state index in [1.165, 1.54) is 0 Å². The monoisotopic (exact) mass is 350 g/mol. The van der Waals surface area contributed by atoms with Crippen molar-refractivity contribution in [2.45, 2.75) is 37.3 Å². The number of aliphatic hydroxyl groups is 1. The van der Waals surface area contributed by atoms with E-state index in [0.717, 1.165) is 30.4 Å². The van der Waals surface area contributed by atoms with E-state index >= 15 is 0 Å². The minimum atomic E-state index is -1.10. The number of rotatable bonds is 5. The number of ether oxygens (including phenoxy) is 3. The molecule has 0 spiro atoms. The fraction of sp³-hybridized carbons (Fsp3) is 0.611. The Labute approximate surface area is 147 Å². The van der Waals surface area contributed by atoms with Gasteiger partial charge in [-0.05, 0) is 48.9 Å². The Kier molecular flexibility index (Phi) is 5.34. The van der Waals surface area contributed by atoms with E-state index < -0.39 is 5.60 Å². The van der Waals surface area contributed by atoms with Gasteiger partial charge in [-0.15, -0.1) is 0 Å². The number of hydrogen-bond donors (Lipinski definition) is 3. The van der Waals surface area contributed by atoms with E-state index in [9.17, 15) is 9.90 Å². The van der Waals surface area contributed by atoms with E-state index in [0.29, 0.717) is 31.1 Å². The van der Waals surface area contributed by atoms with Gasteiger partial charge >= 0.3 is 6.03 Å². The molecule has 1 aliphatic carbocycles. The van der Waals surface area contributed by atoms with Gasteiger partial charge in [0.2, 0.25) is 0 Å². The highest BCUT2D eigenvalue weighted by atomic mass is 16.5. The van der Waals surface area contributed by atoms with Crippen molar-refractivity contribution >= 4 is 6.03 Å². The first-order valence-corrected chi connectivity index (χ1v) is 8.65. The molecule has 1 atom stereocenters. The first-order chi connectivity index (χ1) is 12.1. The van der Waals surface area contributed by atoms with Gasteiger partial charge in [-0.25, -0.2) is 4.79 Å². The van der Waals surface area contributed by atoms with E-state index in [2.05, 4.69) is 10.6 Å². The van der Waals surface area contributed by atoms with Crippen molar-refractivity contribution in [3.63, 3.8) is 0 Å². The molecule has 138 valence electrons. The van der Waals surface area contributed by atoms with E-state index in [4.69, 9.17) is 14.2 Å². The number of aryl methyl sites for hydroxylation is 1. The summed E-state index contributed by atoms with van der Waals surface area (Å²) in [4.78, 5) is 12.1. The second kappa shape index (κ2) is 7.49. The Hall–Kier alpha value is -1.99. The van der Waals surface area contributed by atoms with E-state index in [1.54, 1.807) is 20.3 Å². The van der Waals surface area contributed by atoms with Gasteiger partial charge in [0, 0.05) is 19.3 Å². The van der Waals surface area contributed by atoms with Crippen LogP contribution in [0.3, 0.4) is 0 Å². The molecule has 0 aromatic heterocycles. The molecule has 3 rings (SSSR count). The lowest BCUT2D eigenvalue weighted by molar-refractivity contribution is 0.0403. The van der Waals surface area contributed by atoms with Crippen LogP contribution in [0.2, 0.25) is 0 Å². The van der Waals surface area contributed by atoms with Crippen LogP contribution in [0.25, 0.3) is 0 Å². The summed E-state index contributed by atoms with van der Waals surface area (Å²) >= 11 is 0. The highest BCUT2D eigenvalue weighted by molar-refractivity contribution is 5.74. The standard InChI is InChI=1S/C18H26N2O5/c1-23-15-9-12-3-6-18(22,14(12)10-16(15)24-2)11-19-17(21)20-13-4-7-25-8-5-13/h9-10,13,22H,3-8,11H2,1-2H3,(H2,19,20,21). The predicted octanol–water partition coefficient (Wildman–Crippen LogP) is 1.32. The molecular formula is C18H26N2O5. The Morgan fingerprint density at radius 2 is 1.96 bits per heavy atom. The quantitative estimate of drug-likeness (QED) is 0.745. The Bertz CT molecular complexity index is 630. The van der Waals surface area contributed by atoms with Crippen LogP contribution in [0, 0.1) is 0 Å². The number of benzene rings is 1. The number of carbonyl (C=O) groups is 1. The average Bonchev–Trinajstić information content (AvgIpc) is 2.96. The molecule has 7 heteroatoms. The zero-order valence-electron chi connectivity index (χ0n) is 14.8. The van der Waals surface area contributed by atoms with Crippen LogP contribution in [-0.2, 0) is 16.8 Å². The minimum Gasteiger partial charge on any atom is -0.493 e. The zero-order valence-corrected chi connectivity index (χ0v) is 14.8. The highest BCUT2D eigenvalue weighted by Crippen LogP contribution is 2.42. The van der Waals surface area contributed by atoms with Crippen LogP contribution in [-0.4, -0.2) is 51.2 Å². The number of nitrogens with one attached hydrogen (secondary N) is 2. The molecule has 1 heterocycles. The number of hydrogen-bond acceptors (Lipinski definition) is 5. The van der Waals surface area contributed by atoms with Crippen LogP contribution in [0.1, 0.15) is 30.4 Å². The number of urea groups is 1. The van der Waals surface area contributed by atoms with Gasteiger partial charge < -0.3 is 30.0 Å². The molecule has 1 aliphatic heterocycles. The summed E-state index contributed by atoms with van der Waals surface area (Å²) in [5.41, 5.74) is 0.713. The molecule has 1 saturated heterocycles. The molecule has 1 aromatic carbocycles. The van der Waals surface area contributed by atoms with Crippen molar-refractivity contribution < 1.29 is 24.1 Å². The van der Waals surface area contributed by atoms with Gasteiger partial charge in [-0.3, -0.25) is 0 Å². The summed E-state index contributed by atoms with van der Waals surface area (Å²) in [5.74, 6) is 1.23. The van der Waals surface area contributed by atoms with Crippen LogP contribution in [0.4, 0.5) is 4.79 Å². The fourth-order valence-electron chi connectivity index (χ4n) is 3.53. The topological polar surface area (TPSA) is 89.0 Å². The van der Waals surface area contributed by atoms with Crippen LogP contribution in [0.15, 0.2) is 12.1 Å². The second-order valence-electron chi connectivity index (χ2n) is 6.61. The van der Waals surface area contributed by atoms with E-state index in [-0.39, 0.29) is 18.6 Å². The van der Waals surface area contributed by atoms with Gasteiger partial charge in [-0.2, -0.15) is 0 Å². The third-order valence-corrected chi connectivity index (χ3v) is 5.02. The zero-order chi connectivity index (χ0) is 17.9. The second-order valence-corrected chi connectivity index (χ2v) is 6.61. The summed E-state index contributed by atoms with van der Waals surface area (Å²) in [6.07, 6.45) is 2.92. The molecule has 1 unspecified atom stereocenters. The van der Waals surface area contributed by atoms with Gasteiger partial charge in [0.1, 0.15) is 5.60 Å². The molecule has 1 aromatic rings. The van der Waals surface area contributed by atoms with Crippen molar-refractivity contribution in [2.24, 2.45) is 0 Å². The number of carbonyl (C=O) groups excluding carboxylic acids is 1. The number of fused-ring (bicyclic) bond motifs is 1. The summed E-state index contributed by atoms with van der Waals surface area (Å²) in [6, 6.07) is 3.57. The maximum atomic E-state index is 12.1. The Morgan fingerprint density at radius 1 is 1.28 bits per heavy atom. The maximum Gasteiger partial charge on any atom is 0.315 e. The molecule has 3 N–H and O–H groups in total. The summed E-state index contributed by atoms with van der Waals surface area (Å²) < 4.78 is 15.9. The largest absolute Gasteiger partial charge is 0.493 e. The van der Waals surface area contributed by atoms with Crippen LogP contribution < -0.4 is 20.1 Å². The first kappa shape index (κ1) is 17.8. The Balaban J connectivity index is 1.64. The number of amides is 2. The third kappa shape index (κ3) is 3.82. The van der Waals surface area contributed by atoms with Crippen molar-refractivity contribution in [1.82, 2.24) is 10.6 Å². The molecule has 2 amide bonds. The lowest BCUT2D eigenvalue weighted by Crippen LogP contribution is -2.48. The predicted molar refractivity (Wildman–Crippen MR) is 92.1 cm³/mol. The smallest absolute Gasteiger partial charge is 0.315 e. The summed E-state index contributed by atoms with van der Waals surface area (Å²) in [6.45, 7) is 1.50. The SMILES string of the molecule is COc1cc2c(cc1OC)C(O)(CNC(=O)NC1CCOCC1)CC2. The summed E-state index contributed by atoms with van der Waals surface area (Å²) in [5, 5.41) is 16.8. The van der Waals surface area contributed by atoms with Gasteiger partial charge in [0.15, 0.2) is 11.5 Å². The van der Waals surface area contributed by atoms with E-state index in [1.807, 2.05) is 6.07 Å². The van der Waals surface area contributed by atoms with Crippen molar-refractivity contribution in [3.05, 3.63) is 23.3 Å². The molecule has 25 heavy (non-hydrogen) atoms. The molecule has 0 saturated carbocycles. The van der Waals surface area contributed by atoms with Gasteiger partial charge in [0.05, 0.1) is 20.8 Å². The van der Waals surface area contributed by atoms with Crippen molar-refractivity contribution in [1.29, 1.82) is 0 Å². The molecule has 0 radical (unpaired) electrons. The van der Waals surface area contributed by atoms with Crippen LogP contribution >= 0.6 is 0 Å². The Morgan fingerprint density at radius 3 is 2.64 bits per heavy atom. The summed E-state index contributed by atoms with van der Waals surface area (Å²) in [7, 11) is 3.16. The molecule has 2 aliphatic rings. The third-order valence-electron chi connectivity index (χ3n) is 5.02. The average molecular weight is 350 g/mol. The van der Waals surface area contributed by atoms with Crippen molar-refractivity contribution in [2.75, 3.05) is 34.0 Å². The molecule has 1 fully saturated rings. The molecule has 7 nitrogen and oxygen atoms in total. The normalized spacial score (nSPS) is 23.0. The lowest BCUT2D eigenvalue weighted by Gasteiger charge is -2.27. The number of methoxy groups -OCH3 is 2. The van der Waals surface area contributed by atoms with Gasteiger partial charge in [-0.1, -0.05) is 0 Å². The first-order valence-electron chi connectivity index (χ1n) is 8.65. The van der Waals surface area contributed by atoms with Crippen LogP contribution in [0.5, 0.6) is 11.5 Å². The molecular weight excluding hydrogens is 324 g/mol. The van der Waals surface area contributed by atoms with Gasteiger partial charge in [0.25, 0.3) is 0 Å². The maximum absolute atomic E-state index is 12.1. The highest BCUT2D eigenvalue weighted by Gasteiger charge is 2.38. The van der Waals surface area contributed by atoms with Crippen molar-refractivity contribution in [3.8, 4) is 11.5 Å². The minimum absolute atomic E-state index is 0.128. The fourth-order valence-corrected chi connectivity index (χ4v) is 3.53.